The SMILES string of the molecule is Cl.Cl.Fc1ccc([C@H](C2CCOCC2)N2CCNCC2)cc1C(F)(F)F. The van der Waals surface area contributed by atoms with Gasteiger partial charge in [0.2, 0.25) is 0 Å². The fourth-order valence-electron chi connectivity index (χ4n) is 3.72. The van der Waals surface area contributed by atoms with Crippen LogP contribution in [0.5, 0.6) is 0 Å². The number of piperazine rings is 1. The Morgan fingerprint density at radius 2 is 1.69 bits per heavy atom. The van der Waals surface area contributed by atoms with Gasteiger partial charge in [0.05, 0.1) is 5.56 Å². The van der Waals surface area contributed by atoms with E-state index in [2.05, 4.69) is 10.2 Å². The van der Waals surface area contributed by atoms with Crippen molar-refractivity contribution in [2.24, 2.45) is 5.92 Å². The molecule has 3 rings (SSSR count). The predicted molar refractivity (Wildman–Crippen MR) is 96.6 cm³/mol. The molecule has 0 saturated carbocycles. The van der Waals surface area contributed by atoms with Crippen LogP contribution in [0, 0.1) is 11.7 Å². The Hall–Kier alpha value is -0.600. The lowest BCUT2D eigenvalue weighted by molar-refractivity contribution is -0.140. The van der Waals surface area contributed by atoms with Crippen LogP contribution in [0.25, 0.3) is 0 Å². The van der Waals surface area contributed by atoms with E-state index in [-0.39, 0.29) is 36.8 Å². The second kappa shape index (κ2) is 10.1. The molecule has 1 aromatic rings. The number of benzene rings is 1. The molecule has 2 aliphatic heterocycles. The van der Waals surface area contributed by atoms with Gasteiger partial charge in [0, 0.05) is 45.4 Å². The second-order valence-corrected chi connectivity index (χ2v) is 6.42. The highest BCUT2D eigenvalue weighted by Crippen LogP contribution is 2.39. The summed E-state index contributed by atoms with van der Waals surface area (Å²) in [6, 6.07) is 3.33. The summed E-state index contributed by atoms with van der Waals surface area (Å²) in [4.78, 5) is 2.22. The fraction of sp³-hybridized carbons (Fsp3) is 0.647. The van der Waals surface area contributed by atoms with Gasteiger partial charge in [-0.3, -0.25) is 4.90 Å². The second-order valence-electron chi connectivity index (χ2n) is 6.42. The first-order valence-electron chi connectivity index (χ1n) is 8.36. The van der Waals surface area contributed by atoms with Gasteiger partial charge >= 0.3 is 6.18 Å². The molecule has 2 aliphatic rings. The van der Waals surface area contributed by atoms with Crippen LogP contribution in [-0.2, 0) is 10.9 Å². The summed E-state index contributed by atoms with van der Waals surface area (Å²) >= 11 is 0. The zero-order valence-electron chi connectivity index (χ0n) is 14.2. The van der Waals surface area contributed by atoms with Crippen LogP contribution in [-0.4, -0.2) is 44.3 Å². The standard InChI is InChI=1S/C17H22F4N2O.2ClH/c18-15-2-1-13(11-14(15)17(19,20)21)16(12-3-9-24-10-4-12)23-7-5-22-6-8-23;;/h1-2,11-12,16,22H,3-10H2;2*1H/t16-;;/m0../s1. The Morgan fingerprint density at radius 1 is 1.08 bits per heavy atom. The summed E-state index contributed by atoms with van der Waals surface area (Å²) < 4.78 is 58.3. The predicted octanol–water partition coefficient (Wildman–Crippen LogP) is 4.06. The Labute approximate surface area is 163 Å². The summed E-state index contributed by atoms with van der Waals surface area (Å²) in [6.07, 6.45) is -3.05. The molecule has 0 amide bonds. The lowest BCUT2D eigenvalue weighted by Crippen LogP contribution is -2.47. The number of nitrogens with one attached hydrogen (secondary N) is 1. The first-order valence-corrected chi connectivity index (χ1v) is 8.36. The van der Waals surface area contributed by atoms with E-state index in [0.717, 1.165) is 51.2 Å². The molecule has 0 aromatic heterocycles. The average Bonchev–Trinajstić information content (AvgIpc) is 2.57. The van der Waals surface area contributed by atoms with E-state index in [1.165, 1.54) is 6.07 Å². The highest BCUT2D eigenvalue weighted by Gasteiger charge is 2.37. The largest absolute Gasteiger partial charge is 0.419 e. The molecule has 0 bridgehead atoms. The molecule has 2 saturated heterocycles. The van der Waals surface area contributed by atoms with E-state index in [1.807, 2.05) is 0 Å². The molecule has 0 unspecified atom stereocenters. The molecule has 1 aromatic carbocycles. The van der Waals surface area contributed by atoms with Crippen LogP contribution in [0.1, 0.15) is 30.0 Å². The number of alkyl halides is 3. The van der Waals surface area contributed by atoms with E-state index in [4.69, 9.17) is 4.74 Å². The Kier molecular flexibility index (Phi) is 9.09. The maximum absolute atomic E-state index is 13.6. The lowest BCUT2D eigenvalue weighted by Gasteiger charge is -2.41. The fourth-order valence-corrected chi connectivity index (χ4v) is 3.72. The average molecular weight is 419 g/mol. The van der Waals surface area contributed by atoms with Crippen LogP contribution >= 0.6 is 24.8 Å². The normalized spacial score (nSPS) is 20.8. The molecule has 0 aliphatic carbocycles. The topological polar surface area (TPSA) is 24.5 Å². The minimum absolute atomic E-state index is 0. The number of hydrogen-bond donors (Lipinski definition) is 1. The van der Waals surface area contributed by atoms with Crippen molar-refractivity contribution in [3.63, 3.8) is 0 Å². The molecule has 1 N–H and O–H groups in total. The van der Waals surface area contributed by atoms with Gasteiger partial charge in [-0.05, 0) is 36.5 Å². The number of nitrogens with zero attached hydrogens (tertiary/aromatic N) is 1. The summed E-state index contributed by atoms with van der Waals surface area (Å²) in [5.41, 5.74) is -0.621. The maximum atomic E-state index is 13.6. The molecule has 9 heteroatoms. The number of ether oxygens (including phenoxy) is 1. The quantitative estimate of drug-likeness (QED) is 0.748. The van der Waals surface area contributed by atoms with E-state index in [1.54, 1.807) is 0 Å². The van der Waals surface area contributed by atoms with Gasteiger partial charge in [-0.1, -0.05) is 6.07 Å². The highest BCUT2D eigenvalue weighted by atomic mass is 35.5. The van der Waals surface area contributed by atoms with Crippen molar-refractivity contribution >= 4 is 24.8 Å². The minimum Gasteiger partial charge on any atom is -0.381 e. The van der Waals surface area contributed by atoms with Crippen LogP contribution < -0.4 is 5.32 Å². The molecule has 26 heavy (non-hydrogen) atoms. The van der Waals surface area contributed by atoms with Crippen LogP contribution in [0.15, 0.2) is 18.2 Å². The molecule has 0 radical (unpaired) electrons. The summed E-state index contributed by atoms with van der Waals surface area (Å²) in [7, 11) is 0. The first-order chi connectivity index (χ1) is 11.5. The van der Waals surface area contributed by atoms with E-state index in [0.29, 0.717) is 18.8 Å². The molecule has 2 fully saturated rings. The molecule has 2 heterocycles. The van der Waals surface area contributed by atoms with Crippen molar-refractivity contribution in [1.82, 2.24) is 10.2 Å². The van der Waals surface area contributed by atoms with Crippen molar-refractivity contribution in [2.75, 3.05) is 39.4 Å². The van der Waals surface area contributed by atoms with Gasteiger partial charge < -0.3 is 10.1 Å². The number of halogens is 6. The maximum Gasteiger partial charge on any atom is 0.419 e. The summed E-state index contributed by atoms with van der Waals surface area (Å²) in [6.45, 7) is 4.43. The molecular formula is C17H24Cl2F4N2O. The third-order valence-corrected chi connectivity index (χ3v) is 4.89. The van der Waals surface area contributed by atoms with Gasteiger partial charge in [0.15, 0.2) is 0 Å². The summed E-state index contributed by atoms with van der Waals surface area (Å²) in [5.74, 6) is -0.985. The molecular weight excluding hydrogens is 395 g/mol. The van der Waals surface area contributed by atoms with Crippen LogP contribution in [0.2, 0.25) is 0 Å². The third kappa shape index (κ3) is 5.45. The van der Waals surface area contributed by atoms with Crippen molar-refractivity contribution in [2.45, 2.75) is 25.1 Å². The molecule has 0 spiro atoms. The summed E-state index contributed by atoms with van der Waals surface area (Å²) in [5, 5.41) is 3.26. The zero-order chi connectivity index (χ0) is 17.2. The Morgan fingerprint density at radius 3 is 2.27 bits per heavy atom. The van der Waals surface area contributed by atoms with Gasteiger partial charge in [-0.2, -0.15) is 13.2 Å². The van der Waals surface area contributed by atoms with Gasteiger partial charge in [0.25, 0.3) is 0 Å². The van der Waals surface area contributed by atoms with E-state index in [9.17, 15) is 17.6 Å². The van der Waals surface area contributed by atoms with Crippen molar-refractivity contribution in [3.05, 3.63) is 35.1 Å². The zero-order valence-corrected chi connectivity index (χ0v) is 15.9. The van der Waals surface area contributed by atoms with Crippen LogP contribution in [0.3, 0.4) is 0 Å². The number of rotatable bonds is 3. The smallest absolute Gasteiger partial charge is 0.381 e. The van der Waals surface area contributed by atoms with E-state index >= 15 is 0 Å². The molecule has 3 nitrogen and oxygen atoms in total. The van der Waals surface area contributed by atoms with E-state index < -0.39 is 17.6 Å². The molecule has 150 valence electrons. The Balaban J connectivity index is 0.00000169. The monoisotopic (exact) mass is 418 g/mol. The third-order valence-electron chi connectivity index (χ3n) is 4.89. The van der Waals surface area contributed by atoms with Crippen LogP contribution in [0.4, 0.5) is 17.6 Å². The van der Waals surface area contributed by atoms with Crippen molar-refractivity contribution in [3.8, 4) is 0 Å². The molecule has 1 atom stereocenters. The number of hydrogen-bond acceptors (Lipinski definition) is 3. The van der Waals surface area contributed by atoms with Crippen molar-refractivity contribution in [1.29, 1.82) is 0 Å². The Bertz CT molecular complexity index is 544. The first kappa shape index (κ1) is 23.4. The van der Waals surface area contributed by atoms with Gasteiger partial charge in [0.1, 0.15) is 5.82 Å². The highest BCUT2D eigenvalue weighted by molar-refractivity contribution is 5.85. The minimum atomic E-state index is -4.68. The van der Waals surface area contributed by atoms with Gasteiger partial charge in [-0.25, -0.2) is 4.39 Å². The van der Waals surface area contributed by atoms with Crippen molar-refractivity contribution < 1.29 is 22.3 Å². The van der Waals surface area contributed by atoms with Gasteiger partial charge in [-0.15, -0.1) is 24.8 Å². The lowest BCUT2D eigenvalue weighted by atomic mass is 9.85.